The van der Waals surface area contributed by atoms with Crippen molar-refractivity contribution in [3.05, 3.63) is 18.1 Å². The highest BCUT2D eigenvalue weighted by atomic mass is 32.2. The van der Waals surface area contributed by atoms with E-state index in [9.17, 15) is 0 Å². The molecule has 78 valence electrons. The lowest BCUT2D eigenvalue weighted by Gasteiger charge is -2.06. The molecule has 1 rings (SSSR count). The molecule has 1 N–H and O–H groups in total. The lowest BCUT2D eigenvalue weighted by atomic mass is 10.2. The number of rotatable bonds is 5. The van der Waals surface area contributed by atoms with Crippen molar-refractivity contribution < 1.29 is 5.11 Å². The molecule has 4 heteroatoms. The minimum absolute atomic E-state index is 0.235. The molecule has 1 unspecified atom stereocenters. The average Bonchev–Trinajstić information content (AvgIpc) is 2.26. The van der Waals surface area contributed by atoms with Crippen LogP contribution in [0.1, 0.15) is 19.5 Å². The van der Waals surface area contributed by atoms with Crippen LogP contribution in [0.25, 0.3) is 0 Å². The Morgan fingerprint density at radius 2 is 2.29 bits per heavy atom. The molecule has 1 aromatic heterocycles. The standard InChI is InChI=1S/C10H16N2OS/c1-3-9-4-10(12-7-11-9)14-6-8(2)5-13/h4,7-8,13H,3,5-6H2,1-2H3. The van der Waals surface area contributed by atoms with Crippen LogP contribution in [0.3, 0.4) is 0 Å². The van der Waals surface area contributed by atoms with Gasteiger partial charge in [-0.15, -0.1) is 11.8 Å². The van der Waals surface area contributed by atoms with E-state index in [1.165, 1.54) is 0 Å². The topological polar surface area (TPSA) is 46.0 Å². The first-order valence-corrected chi connectivity index (χ1v) is 5.79. The number of hydrogen-bond acceptors (Lipinski definition) is 4. The van der Waals surface area contributed by atoms with Crippen molar-refractivity contribution in [1.29, 1.82) is 0 Å². The summed E-state index contributed by atoms with van der Waals surface area (Å²) < 4.78 is 0. The van der Waals surface area contributed by atoms with Gasteiger partial charge in [0.2, 0.25) is 0 Å². The Morgan fingerprint density at radius 1 is 1.50 bits per heavy atom. The van der Waals surface area contributed by atoms with Crippen molar-refractivity contribution in [3.8, 4) is 0 Å². The van der Waals surface area contributed by atoms with Crippen LogP contribution in [-0.2, 0) is 6.42 Å². The fourth-order valence-corrected chi connectivity index (χ4v) is 1.83. The van der Waals surface area contributed by atoms with Gasteiger partial charge in [-0.1, -0.05) is 13.8 Å². The molecule has 0 aromatic carbocycles. The fourth-order valence-electron chi connectivity index (χ4n) is 0.930. The van der Waals surface area contributed by atoms with Gasteiger partial charge in [-0.25, -0.2) is 9.97 Å². The van der Waals surface area contributed by atoms with E-state index in [2.05, 4.69) is 16.9 Å². The molecule has 1 atom stereocenters. The molecule has 1 heterocycles. The number of aromatic nitrogens is 2. The van der Waals surface area contributed by atoms with Gasteiger partial charge in [0.1, 0.15) is 6.33 Å². The molecule has 0 aliphatic rings. The quantitative estimate of drug-likeness (QED) is 0.597. The Hall–Kier alpha value is -0.610. The average molecular weight is 212 g/mol. The van der Waals surface area contributed by atoms with Crippen LogP contribution in [0.15, 0.2) is 17.4 Å². The van der Waals surface area contributed by atoms with Crippen molar-refractivity contribution in [3.63, 3.8) is 0 Å². The molecule has 0 fully saturated rings. The number of aliphatic hydroxyl groups is 1. The molecule has 0 saturated heterocycles. The third kappa shape index (κ3) is 3.64. The predicted molar refractivity (Wildman–Crippen MR) is 58.4 cm³/mol. The molecule has 0 amide bonds. The van der Waals surface area contributed by atoms with Crippen LogP contribution >= 0.6 is 11.8 Å². The zero-order chi connectivity index (χ0) is 10.4. The minimum atomic E-state index is 0.235. The highest BCUT2D eigenvalue weighted by Gasteiger charge is 2.03. The van der Waals surface area contributed by atoms with Crippen LogP contribution in [-0.4, -0.2) is 27.4 Å². The smallest absolute Gasteiger partial charge is 0.116 e. The molecule has 1 aromatic rings. The molecular weight excluding hydrogens is 196 g/mol. The lowest BCUT2D eigenvalue weighted by Crippen LogP contribution is -2.03. The maximum absolute atomic E-state index is 8.87. The predicted octanol–water partition coefficient (Wildman–Crippen LogP) is 1.76. The van der Waals surface area contributed by atoms with E-state index in [-0.39, 0.29) is 6.61 Å². The zero-order valence-corrected chi connectivity index (χ0v) is 9.42. The van der Waals surface area contributed by atoms with Crippen LogP contribution < -0.4 is 0 Å². The van der Waals surface area contributed by atoms with Crippen molar-refractivity contribution in [2.45, 2.75) is 25.3 Å². The zero-order valence-electron chi connectivity index (χ0n) is 8.60. The van der Waals surface area contributed by atoms with E-state index < -0.39 is 0 Å². The van der Waals surface area contributed by atoms with Gasteiger partial charge in [-0.05, 0) is 18.4 Å². The Labute approximate surface area is 89.0 Å². The van der Waals surface area contributed by atoms with Gasteiger partial charge in [-0.3, -0.25) is 0 Å². The molecular formula is C10H16N2OS. The second-order valence-corrected chi connectivity index (χ2v) is 4.34. The summed E-state index contributed by atoms with van der Waals surface area (Å²) in [5.41, 5.74) is 1.07. The van der Waals surface area contributed by atoms with Crippen LogP contribution in [0.2, 0.25) is 0 Å². The first kappa shape index (κ1) is 11.5. The summed E-state index contributed by atoms with van der Waals surface area (Å²) in [6.45, 7) is 4.33. The third-order valence-corrected chi connectivity index (χ3v) is 3.14. The number of nitrogens with zero attached hydrogens (tertiary/aromatic N) is 2. The monoisotopic (exact) mass is 212 g/mol. The second-order valence-electron chi connectivity index (χ2n) is 3.30. The summed E-state index contributed by atoms with van der Waals surface area (Å²) in [6, 6.07) is 2.01. The van der Waals surface area contributed by atoms with E-state index in [0.717, 1.165) is 22.9 Å². The SMILES string of the molecule is CCc1cc(SCC(C)CO)ncn1. The van der Waals surface area contributed by atoms with E-state index in [0.29, 0.717) is 5.92 Å². The van der Waals surface area contributed by atoms with Gasteiger partial charge in [0, 0.05) is 18.1 Å². The van der Waals surface area contributed by atoms with Gasteiger partial charge in [0.05, 0.1) is 5.03 Å². The first-order valence-electron chi connectivity index (χ1n) is 4.80. The normalized spacial score (nSPS) is 12.8. The molecule has 0 spiro atoms. The number of aliphatic hydroxyl groups excluding tert-OH is 1. The maximum Gasteiger partial charge on any atom is 0.116 e. The lowest BCUT2D eigenvalue weighted by molar-refractivity contribution is 0.250. The van der Waals surface area contributed by atoms with Crippen LogP contribution in [0, 0.1) is 5.92 Å². The van der Waals surface area contributed by atoms with Crippen molar-refractivity contribution >= 4 is 11.8 Å². The van der Waals surface area contributed by atoms with E-state index in [1.807, 2.05) is 13.0 Å². The molecule has 0 saturated carbocycles. The Morgan fingerprint density at radius 3 is 2.93 bits per heavy atom. The first-order chi connectivity index (χ1) is 6.76. The van der Waals surface area contributed by atoms with Crippen LogP contribution in [0.5, 0.6) is 0 Å². The second kappa shape index (κ2) is 5.98. The molecule has 3 nitrogen and oxygen atoms in total. The molecule has 14 heavy (non-hydrogen) atoms. The Balaban J connectivity index is 2.50. The molecule has 0 radical (unpaired) electrons. The largest absolute Gasteiger partial charge is 0.396 e. The summed E-state index contributed by atoms with van der Waals surface area (Å²) in [5.74, 6) is 1.22. The molecule has 0 bridgehead atoms. The van der Waals surface area contributed by atoms with E-state index in [1.54, 1.807) is 18.1 Å². The van der Waals surface area contributed by atoms with Crippen LogP contribution in [0.4, 0.5) is 0 Å². The molecule has 0 aliphatic carbocycles. The fraction of sp³-hybridized carbons (Fsp3) is 0.600. The summed E-state index contributed by atoms with van der Waals surface area (Å²) in [7, 11) is 0. The molecule has 0 aliphatic heterocycles. The summed E-state index contributed by atoms with van der Waals surface area (Å²) >= 11 is 1.67. The number of hydrogen-bond donors (Lipinski definition) is 1. The Bertz CT molecular complexity index is 281. The summed E-state index contributed by atoms with van der Waals surface area (Å²) in [4.78, 5) is 8.30. The minimum Gasteiger partial charge on any atom is -0.396 e. The van der Waals surface area contributed by atoms with Gasteiger partial charge in [-0.2, -0.15) is 0 Å². The van der Waals surface area contributed by atoms with Crippen molar-refractivity contribution in [1.82, 2.24) is 9.97 Å². The summed E-state index contributed by atoms with van der Waals surface area (Å²) in [5, 5.41) is 9.86. The number of aryl methyl sites for hydroxylation is 1. The maximum atomic E-state index is 8.87. The van der Waals surface area contributed by atoms with E-state index >= 15 is 0 Å². The van der Waals surface area contributed by atoms with Gasteiger partial charge >= 0.3 is 0 Å². The Kier molecular flexibility index (Phi) is 4.90. The van der Waals surface area contributed by atoms with Gasteiger partial charge in [0.25, 0.3) is 0 Å². The van der Waals surface area contributed by atoms with Crippen molar-refractivity contribution in [2.75, 3.05) is 12.4 Å². The summed E-state index contributed by atoms with van der Waals surface area (Å²) in [6.07, 6.45) is 2.54. The third-order valence-electron chi connectivity index (χ3n) is 1.89. The van der Waals surface area contributed by atoms with E-state index in [4.69, 9.17) is 5.11 Å². The van der Waals surface area contributed by atoms with Gasteiger partial charge in [0.15, 0.2) is 0 Å². The highest BCUT2D eigenvalue weighted by molar-refractivity contribution is 7.99. The highest BCUT2D eigenvalue weighted by Crippen LogP contribution is 2.18. The number of thioether (sulfide) groups is 1. The van der Waals surface area contributed by atoms with Gasteiger partial charge < -0.3 is 5.11 Å². The van der Waals surface area contributed by atoms with Crippen molar-refractivity contribution in [2.24, 2.45) is 5.92 Å².